The Morgan fingerprint density at radius 2 is 1.76 bits per heavy atom. The summed E-state index contributed by atoms with van der Waals surface area (Å²) in [6, 6.07) is 9.81. The highest BCUT2D eigenvalue weighted by molar-refractivity contribution is 6.30. The molecule has 0 aliphatic heterocycles. The van der Waals surface area contributed by atoms with E-state index in [2.05, 4.69) is 5.32 Å². The van der Waals surface area contributed by atoms with E-state index in [0.717, 1.165) is 6.07 Å². The van der Waals surface area contributed by atoms with Crippen LogP contribution in [-0.2, 0) is 0 Å². The molecular weight excluding hydrogens is 298 g/mol. The van der Waals surface area contributed by atoms with Crippen LogP contribution < -0.4 is 10.1 Å². The molecule has 0 saturated carbocycles. The first-order chi connectivity index (χ1) is 9.95. The number of hydrogen-bond donors (Lipinski definition) is 3. The van der Waals surface area contributed by atoms with Gasteiger partial charge < -0.3 is 14.9 Å². The predicted molar refractivity (Wildman–Crippen MR) is 76.2 cm³/mol. The lowest BCUT2D eigenvalue weighted by Crippen LogP contribution is -2.16. The van der Waals surface area contributed by atoms with Crippen molar-refractivity contribution in [2.45, 2.75) is 0 Å². The van der Waals surface area contributed by atoms with Crippen LogP contribution in [0.25, 0.3) is 0 Å². The molecule has 2 rings (SSSR count). The fraction of sp³-hybridized carbons (Fsp3) is 0. The van der Waals surface area contributed by atoms with Gasteiger partial charge in [-0.2, -0.15) is 0 Å². The summed E-state index contributed by atoms with van der Waals surface area (Å²) in [6.07, 6.45) is -0.778. The lowest BCUT2D eigenvalue weighted by Gasteiger charge is -2.08. The quantitative estimate of drug-likeness (QED) is 0.808. The van der Waals surface area contributed by atoms with Gasteiger partial charge in [0.15, 0.2) is 0 Å². The second-order valence-corrected chi connectivity index (χ2v) is 4.44. The highest BCUT2D eigenvalue weighted by Gasteiger charge is 2.11. The summed E-state index contributed by atoms with van der Waals surface area (Å²) in [4.78, 5) is 22.4. The molecule has 0 heterocycles. The zero-order valence-corrected chi connectivity index (χ0v) is 11.3. The van der Waals surface area contributed by atoms with Crippen LogP contribution in [0.15, 0.2) is 42.5 Å². The number of aromatic hydroxyl groups is 1. The summed E-state index contributed by atoms with van der Waals surface area (Å²) in [5, 5.41) is 21.2. The number of halogens is 1. The predicted octanol–water partition coefficient (Wildman–Crippen LogP) is 3.35. The van der Waals surface area contributed by atoms with Gasteiger partial charge in [0.25, 0.3) is 0 Å². The van der Waals surface area contributed by atoms with Crippen molar-refractivity contribution in [2.75, 3.05) is 5.32 Å². The van der Waals surface area contributed by atoms with Crippen LogP contribution in [0, 0.1) is 0 Å². The maximum Gasteiger partial charge on any atom is 0.417 e. The molecule has 0 unspecified atom stereocenters. The molecule has 6 nitrogen and oxygen atoms in total. The Kier molecular flexibility index (Phi) is 4.30. The number of aromatic carboxylic acids is 1. The molecule has 0 aliphatic rings. The van der Waals surface area contributed by atoms with E-state index < -0.39 is 17.8 Å². The molecule has 0 radical (unpaired) electrons. The maximum atomic E-state index is 11.6. The average molecular weight is 308 g/mol. The van der Waals surface area contributed by atoms with Gasteiger partial charge in [-0.15, -0.1) is 0 Å². The van der Waals surface area contributed by atoms with Crippen LogP contribution in [0.5, 0.6) is 11.5 Å². The Bertz CT molecular complexity index is 684. The number of carbonyl (C=O) groups excluding carboxylic acids is 1. The second kappa shape index (κ2) is 6.15. The molecule has 2 aromatic rings. The Morgan fingerprint density at radius 3 is 2.33 bits per heavy atom. The van der Waals surface area contributed by atoms with Gasteiger partial charge in [-0.25, -0.2) is 9.59 Å². The zero-order chi connectivity index (χ0) is 15.4. The Hall–Kier alpha value is -2.73. The number of ether oxygens (including phenoxy) is 1. The van der Waals surface area contributed by atoms with Crippen LogP contribution in [-0.4, -0.2) is 22.3 Å². The lowest BCUT2D eigenvalue weighted by molar-refractivity contribution is 0.0693. The van der Waals surface area contributed by atoms with E-state index >= 15 is 0 Å². The summed E-state index contributed by atoms with van der Waals surface area (Å²) in [7, 11) is 0. The average Bonchev–Trinajstić information content (AvgIpc) is 2.41. The third kappa shape index (κ3) is 3.87. The monoisotopic (exact) mass is 307 g/mol. The van der Waals surface area contributed by atoms with E-state index in [1.807, 2.05) is 0 Å². The van der Waals surface area contributed by atoms with E-state index in [1.165, 1.54) is 24.3 Å². The lowest BCUT2D eigenvalue weighted by atomic mass is 10.2. The molecule has 7 heteroatoms. The number of carbonyl (C=O) groups is 2. The molecule has 0 fully saturated rings. The van der Waals surface area contributed by atoms with Crippen LogP contribution in [0.4, 0.5) is 10.5 Å². The molecule has 0 aromatic heterocycles. The van der Waals surface area contributed by atoms with Gasteiger partial charge >= 0.3 is 12.1 Å². The van der Waals surface area contributed by atoms with Crippen LogP contribution in [0.3, 0.4) is 0 Å². The molecular formula is C14H10ClNO5. The molecule has 0 atom stereocenters. The zero-order valence-electron chi connectivity index (χ0n) is 10.5. The van der Waals surface area contributed by atoms with Gasteiger partial charge in [-0.1, -0.05) is 11.6 Å². The number of anilines is 1. The van der Waals surface area contributed by atoms with E-state index in [9.17, 15) is 14.7 Å². The number of carboxylic acid groups (broad SMARTS) is 1. The van der Waals surface area contributed by atoms with Gasteiger partial charge in [0.05, 0.1) is 0 Å². The fourth-order valence-corrected chi connectivity index (χ4v) is 1.67. The van der Waals surface area contributed by atoms with Crippen molar-refractivity contribution in [1.29, 1.82) is 0 Å². The van der Waals surface area contributed by atoms with Crippen LogP contribution in [0.2, 0.25) is 5.02 Å². The van der Waals surface area contributed by atoms with Crippen molar-refractivity contribution >= 4 is 29.4 Å². The largest absolute Gasteiger partial charge is 0.507 e. The third-order valence-corrected chi connectivity index (χ3v) is 2.75. The summed E-state index contributed by atoms with van der Waals surface area (Å²) < 4.78 is 4.98. The summed E-state index contributed by atoms with van der Waals surface area (Å²) >= 11 is 5.70. The molecule has 0 saturated heterocycles. The molecule has 2 aromatic carbocycles. The van der Waals surface area contributed by atoms with Crippen LogP contribution in [0.1, 0.15) is 10.4 Å². The van der Waals surface area contributed by atoms with Crippen molar-refractivity contribution < 1.29 is 24.5 Å². The highest BCUT2D eigenvalue weighted by Crippen LogP contribution is 2.22. The molecule has 21 heavy (non-hydrogen) atoms. The smallest absolute Gasteiger partial charge is 0.417 e. The fourth-order valence-electron chi connectivity index (χ4n) is 1.54. The van der Waals surface area contributed by atoms with Gasteiger partial charge in [0.2, 0.25) is 0 Å². The van der Waals surface area contributed by atoms with E-state index in [-0.39, 0.29) is 11.3 Å². The maximum absolute atomic E-state index is 11.6. The number of rotatable bonds is 3. The number of hydrogen-bond acceptors (Lipinski definition) is 4. The Labute approximate surface area is 124 Å². The summed E-state index contributed by atoms with van der Waals surface area (Å²) in [6.45, 7) is 0. The summed E-state index contributed by atoms with van der Waals surface area (Å²) in [5.41, 5.74) is -0.0527. The summed E-state index contributed by atoms with van der Waals surface area (Å²) in [5.74, 6) is -1.42. The third-order valence-electron chi connectivity index (χ3n) is 2.50. The molecule has 108 valence electrons. The minimum absolute atomic E-state index is 0.205. The molecule has 0 spiro atoms. The Balaban J connectivity index is 2.04. The first kappa shape index (κ1) is 14.7. The number of carboxylic acids is 1. The molecule has 3 N–H and O–H groups in total. The van der Waals surface area contributed by atoms with E-state index in [0.29, 0.717) is 10.8 Å². The van der Waals surface area contributed by atoms with Gasteiger partial charge in [0.1, 0.15) is 17.1 Å². The standard InChI is InChI=1S/C14H10ClNO5/c15-8-1-4-10(5-2-8)21-14(20)16-9-3-6-11(13(18)19)12(17)7-9/h1-7,17H,(H,16,20)(H,18,19). The second-order valence-electron chi connectivity index (χ2n) is 4.01. The first-order valence-corrected chi connectivity index (χ1v) is 6.14. The van der Waals surface area contributed by atoms with Gasteiger partial charge in [-0.05, 0) is 36.4 Å². The van der Waals surface area contributed by atoms with Crippen LogP contribution >= 0.6 is 11.6 Å². The Morgan fingerprint density at radius 1 is 1.10 bits per heavy atom. The number of benzene rings is 2. The number of nitrogens with one attached hydrogen (secondary N) is 1. The van der Waals surface area contributed by atoms with Gasteiger partial charge in [-0.3, -0.25) is 5.32 Å². The SMILES string of the molecule is O=C(Nc1ccc(C(=O)O)c(O)c1)Oc1ccc(Cl)cc1. The molecule has 0 aliphatic carbocycles. The van der Waals surface area contributed by atoms with Crippen molar-refractivity contribution in [1.82, 2.24) is 0 Å². The topological polar surface area (TPSA) is 95.9 Å². The van der Waals surface area contributed by atoms with Crippen molar-refractivity contribution in [3.05, 3.63) is 53.1 Å². The van der Waals surface area contributed by atoms with Crippen molar-refractivity contribution in [3.63, 3.8) is 0 Å². The minimum atomic E-state index is -1.26. The molecule has 1 amide bonds. The van der Waals surface area contributed by atoms with E-state index in [1.54, 1.807) is 12.1 Å². The highest BCUT2D eigenvalue weighted by atomic mass is 35.5. The van der Waals surface area contributed by atoms with Crippen molar-refractivity contribution in [3.8, 4) is 11.5 Å². The molecule has 0 bridgehead atoms. The number of amides is 1. The van der Waals surface area contributed by atoms with Crippen molar-refractivity contribution in [2.24, 2.45) is 0 Å². The first-order valence-electron chi connectivity index (χ1n) is 5.76. The van der Waals surface area contributed by atoms with Gasteiger partial charge in [0, 0.05) is 16.8 Å². The normalized spacial score (nSPS) is 9.95. The van der Waals surface area contributed by atoms with E-state index in [4.69, 9.17) is 21.4 Å². The minimum Gasteiger partial charge on any atom is -0.507 e. The number of phenols is 1.